The van der Waals surface area contributed by atoms with E-state index >= 15 is 0 Å². The van der Waals surface area contributed by atoms with Crippen LogP contribution in [0.5, 0.6) is 0 Å². The smallest absolute Gasteiger partial charge is 0.251 e. The summed E-state index contributed by atoms with van der Waals surface area (Å²) in [6, 6.07) is 7.11. The minimum absolute atomic E-state index is 0.0656. The number of nitrogens with zero attached hydrogens (tertiary/aromatic N) is 1. The quantitative estimate of drug-likeness (QED) is 0.649. The summed E-state index contributed by atoms with van der Waals surface area (Å²) in [4.78, 5) is 16.3. The first-order valence-corrected chi connectivity index (χ1v) is 8.63. The van der Waals surface area contributed by atoms with Gasteiger partial charge in [0.2, 0.25) is 0 Å². The lowest BCUT2D eigenvalue weighted by molar-refractivity contribution is 0.0922. The molecule has 0 aliphatic carbocycles. The van der Waals surface area contributed by atoms with E-state index < -0.39 is 0 Å². The Morgan fingerprint density at radius 2 is 2.09 bits per heavy atom. The number of aryl methyl sites for hydroxylation is 2. The first-order valence-electron chi connectivity index (χ1n) is 7.75. The van der Waals surface area contributed by atoms with Crippen molar-refractivity contribution in [3.8, 4) is 0 Å². The van der Waals surface area contributed by atoms with Crippen LogP contribution in [0.1, 0.15) is 34.4 Å². The number of hydrogen-bond donors (Lipinski definition) is 3. The highest BCUT2D eigenvalue weighted by molar-refractivity contribution is 7.09. The Labute approximate surface area is 140 Å². The van der Waals surface area contributed by atoms with Gasteiger partial charge in [0.25, 0.3) is 5.91 Å². The standard InChI is InChI=1S/C17H23N3O2S/c1-12(10-21)19-17(22)14-5-7-15(8-6-14)18-9-3-4-16-11-23-13(2)20-16/h5-8,11-12,18,21H,3-4,9-10H2,1-2H3,(H,19,22). The molecule has 1 atom stereocenters. The first kappa shape index (κ1) is 17.4. The van der Waals surface area contributed by atoms with Gasteiger partial charge in [-0.2, -0.15) is 0 Å². The Balaban J connectivity index is 1.75. The molecular formula is C17H23N3O2S. The van der Waals surface area contributed by atoms with E-state index in [1.54, 1.807) is 30.4 Å². The Kier molecular flexibility index (Phi) is 6.55. The van der Waals surface area contributed by atoms with Gasteiger partial charge in [-0.3, -0.25) is 4.79 Å². The van der Waals surface area contributed by atoms with Gasteiger partial charge in [-0.05, 0) is 51.0 Å². The van der Waals surface area contributed by atoms with Crippen molar-refractivity contribution in [1.29, 1.82) is 0 Å². The van der Waals surface area contributed by atoms with Crippen molar-refractivity contribution in [3.63, 3.8) is 0 Å². The van der Waals surface area contributed by atoms with E-state index in [0.29, 0.717) is 5.56 Å². The van der Waals surface area contributed by atoms with Crippen LogP contribution in [0.3, 0.4) is 0 Å². The number of aliphatic hydroxyl groups excluding tert-OH is 1. The number of anilines is 1. The van der Waals surface area contributed by atoms with Crippen LogP contribution in [0.25, 0.3) is 0 Å². The Morgan fingerprint density at radius 1 is 1.35 bits per heavy atom. The van der Waals surface area contributed by atoms with Crippen molar-refractivity contribution in [3.05, 3.63) is 45.9 Å². The molecule has 0 aliphatic rings. The van der Waals surface area contributed by atoms with Gasteiger partial charge in [-0.15, -0.1) is 11.3 Å². The fraction of sp³-hybridized carbons (Fsp3) is 0.412. The first-order chi connectivity index (χ1) is 11.1. The van der Waals surface area contributed by atoms with Gasteiger partial charge in [0.15, 0.2) is 0 Å². The molecule has 0 bridgehead atoms. The molecule has 0 spiro atoms. The highest BCUT2D eigenvalue weighted by Crippen LogP contribution is 2.12. The molecule has 1 aromatic heterocycles. The van der Waals surface area contributed by atoms with Crippen LogP contribution >= 0.6 is 11.3 Å². The zero-order valence-electron chi connectivity index (χ0n) is 13.5. The molecule has 1 amide bonds. The fourth-order valence-electron chi connectivity index (χ4n) is 2.12. The second kappa shape index (κ2) is 8.64. The van der Waals surface area contributed by atoms with Crippen molar-refractivity contribution in [1.82, 2.24) is 10.3 Å². The number of hydrogen-bond acceptors (Lipinski definition) is 5. The summed E-state index contributed by atoms with van der Waals surface area (Å²) in [6.45, 7) is 4.58. The van der Waals surface area contributed by atoms with Crippen molar-refractivity contribution < 1.29 is 9.90 Å². The van der Waals surface area contributed by atoms with E-state index in [0.717, 1.165) is 35.8 Å². The van der Waals surface area contributed by atoms with E-state index in [1.807, 2.05) is 19.1 Å². The Bertz CT molecular complexity index is 625. The molecule has 0 fully saturated rings. The number of benzene rings is 1. The number of nitrogens with one attached hydrogen (secondary N) is 2. The summed E-state index contributed by atoms with van der Waals surface area (Å²) in [5.41, 5.74) is 2.74. The molecule has 6 heteroatoms. The van der Waals surface area contributed by atoms with Crippen LogP contribution in [0.4, 0.5) is 5.69 Å². The zero-order valence-corrected chi connectivity index (χ0v) is 14.3. The van der Waals surface area contributed by atoms with Crippen LogP contribution < -0.4 is 10.6 Å². The molecule has 0 aliphatic heterocycles. The molecule has 1 aromatic carbocycles. The second-order valence-electron chi connectivity index (χ2n) is 5.52. The summed E-state index contributed by atoms with van der Waals surface area (Å²) >= 11 is 1.68. The predicted octanol–water partition coefficient (Wildman–Crippen LogP) is 2.61. The zero-order chi connectivity index (χ0) is 16.7. The normalized spacial score (nSPS) is 12.0. The number of carbonyl (C=O) groups excluding carboxylic acids is 1. The molecule has 1 heterocycles. The van der Waals surface area contributed by atoms with Gasteiger partial charge in [-0.1, -0.05) is 0 Å². The van der Waals surface area contributed by atoms with E-state index in [9.17, 15) is 4.79 Å². The number of aliphatic hydroxyl groups is 1. The number of carbonyl (C=O) groups is 1. The molecule has 23 heavy (non-hydrogen) atoms. The average Bonchev–Trinajstić information content (AvgIpc) is 2.97. The lowest BCUT2D eigenvalue weighted by Gasteiger charge is -2.11. The third-order valence-corrected chi connectivity index (χ3v) is 4.23. The van der Waals surface area contributed by atoms with E-state index in [4.69, 9.17) is 5.11 Å². The molecule has 0 radical (unpaired) electrons. The molecular weight excluding hydrogens is 310 g/mol. The minimum Gasteiger partial charge on any atom is -0.394 e. The van der Waals surface area contributed by atoms with Crippen LogP contribution in [0.2, 0.25) is 0 Å². The van der Waals surface area contributed by atoms with Crippen molar-refractivity contribution in [2.24, 2.45) is 0 Å². The van der Waals surface area contributed by atoms with Gasteiger partial charge >= 0.3 is 0 Å². The molecule has 2 rings (SSSR count). The monoisotopic (exact) mass is 333 g/mol. The molecule has 3 N–H and O–H groups in total. The third-order valence-electron chi connectivity index (χ3n) is 3.40. The highest BCUT2D eigenvalue weighted by Gasteiger charge is 2.08. The van der Waals surface area contributed by atoms with E-state index in [2.05, 4.69) is 21.0 Å². The maximum absolute atomic E-state index is 11.9. The number of thiazole rings is 1. The topological polar surface area (TPSA) is 74.2 Å². The predicted molar refractivity (Wildman–Crippen MR) is 94.1 cm³/mol. The molecule has 0 saturated carbocycles. The maximum atomic E-state index is 11.9. The molecule has 1 unspecified atom stereocenters. The summed E-state index contributed by atoms with van der Waals surface area (Å²) in [6.07, 6.45) is 1.98. The molecule has 5 nitrogen and oxygen atoms in total. The van der Waals surface area contributed by atoms with Gasteiger partial charge < -0.3 is 15.7 Å². The van der Waals surface area contributed by atoms with Gasteiger partial charge in [-0.25, -0.2) is 4.98 Å². The lowest BCUT2D eigenvalue weighted by Crippen LogP contribution is -2.34. The summed E-state index contributed by atoms with van der Waals surface area (Å²) in [7, 11) is 0. The summed E-state index contributed by atoms with van der Waals surface area (Å²) in [5.74, 6) is -0.169. The SMILES string of the molecule is Cc1nc(CCCNc2ccc(C(=O)NC(C)CO)cc2)cs1. The minimum atomic E-state index is -0.241. The van der Waals surface area contributed by atoms with Crippen LogP contribution in [0.15, 0.2) is 29.6 Å². The van der Waals surface area contributed by atoms with Crippen LogP contribution in [-0.4, -0.2) is 35.2 Å². The Hall–Kier alpha value is -1.92. The van der Waals surface area contributed by atoms with E-state index in [-0.39, 0.29) is 18.6 Å². The second-order valence-corrected chi connectivity index (χ2v) is 6.58. The summed E-state index contributed by atoms with van der Waals surface area (Å²) in [5, 5.41) is 18.2. The number of amides is 1. The number of rotatable bonds is 8. The molecule has 124 valence electrons. The maximum Gasteiger partial charge on any atom is 0.251 e. The summed E-state index contributed by atoms with van der Waals surface area (Å²) < 4.78 is 0. The largest absolute Gasteiger partial charge is 0.394 e. The molecule has 0 saturated heterocycles. The van der Waals surface area contributed by atoms with E-state index in [1.165, 1.54) is 0 Å². The third kappa shape index (κ3) is 5.65. The fourth-order valence-corrected chi connectivity index (χ4v) is 2.76. The lowest BCUT2D eigenvalue weighted by atomic mass is 10.1. The average molecular weight is 333 g/mol. The highest BCUT2D eigenvalue weighted by atomic mass is 32.1. The van der Waals surface area contributed by atoms with Gasteiger partial charge in [0.1, 0.15) is 0 Å². The van der Waals surface area contributed by atoms with Crippen LogP contribution in [-0.2, 0) is 6.42 Å². The van der Waals surface area contributed by atoms with Crippen molar-refractivity contribution >= 4 is 22.9 Å². The van der Waals surface area contributed by atoms with Gasteiger partial charge in [0.05, 0.1) is 17.3 Å². The van der Waals surface area contributed by atoms with Crippen molar-refractivity contribution in [2.75, 3.05) is 18.5 Å². The number of aromatic nitrogens is 1. The van der Waals surface area contributed by atoms with Crippen molar-refractivity contribution in [2.45, 2.75) is 32.7 Å². The molecule has 2 aromatic rings. The Morgan fingerprint density at radius 3 is 2.70 bits per heavy atom. The van der Waals surface area contributed by atoms with Gasteiger partial charge in [0, 0.05) is 29.2 Å². The van der Waals surface area contributed by atoms with Crippen LogP contribution in [0, 0.1) is 6.92 Å².